The van der Waals surface area contributed by atoms with E-state index in [1.165, 1.54) is 0 Å². The Balaban J connectivity index is 1.91. The molecule has 15 heavy (non-hydrogen) atoms. The smallest absolute Gasteiger partial charge is 0.105 e. The minimum absolute atomic E-state index is 0.563. The monoisotopic (exact) mass is 208 g/mol. The molecule has 2 heterocycles. The van der Waals surface area contributed by atoms with E-state index in [4.69, 9.17) is 4.42 Å². The van der Waals surface area contributed by atoms with E-state index < -0.39 is 0 Å². The topological polar surface area (TPSA) is 28.4 Å². The Morgan fingerprint density at radius 1 is 1.67 bits per heavy atom. The summed E-state index contributed by atoms with van der Waals surface area (Å²) in [7, 11) is 0. The molecule has 1 fully saturated rings. The number of furan rings is 1. The van der Waals surface area contributed by atoms with E-state index in [2.05, 4.69) is 30.1 Å². The van der Waals surface area contributed by atoms with Crippen LogP contribution in [0.5, 0.6) is 0 Å². The molecule has 0 bridgehead atoms. The summed E-state index contributed by atoms with van der Waals surface area (Å²) in [5.74, 6) is 1.09. The second kappa shape index (κ2) is 4.81. The van der Waals surface area contributed by atoms with Gasteiger partial charge in [-0.3, -0.25) is 4.90 Å². The molecule has 1 aromatic rings. The number of hydrogen-bond donors (Lipinski definition) is 1. The highest BCUT2D eigenvalue weighted by molar-refractivity contribution is 5.00. The summed E-state index contributed by atoms with van der Waals surface area (Å²) in [6.45, 7) is 7.91. The van der Waals surface area contributed by atoms with Gasteiger partial charge in [-0.2, -0.15) is 0 Å². The first-order valence-corrected chi connectivity index (χ1v) is 5.76. The van der Waals surface area contributed by atoms with Crippen molar-refractivity contribution in [2.24, 2.45) is 0 Å². The van der Waals surface area contributed by atoms with Crippen LogP contribution in [-0.2, 0) is 6.42 Å². The van der Waals surface area contributed by atoms with E-state index >= 15 is 0 Å². The Hall–Kier alpha value is -0.800. The molecule has 0 aliphatic carbocycles. The van der Waals surface area contributed by atoms with Crippen molar-refractivity contribution in [1.82, 2.24) is 10.2 Å². The van der Waals surface area contributed by atoms with Gasteiger partial charge in [0.1, 0.15) is 5.76 Å². The maximum absolute atomic E-state index is 5.39. The molecule has 1 aliphatic heterocycles. The summed E-state index contributed by atoms with van der Waals surface area (Å²) < 4.78 is 5.39. The van der Waals surface area contributed by atoms with Gasteiger partial charge in [0.05, 0.1) is 6.26 Å². The van der Waals surface area contributed by atoms with Gasteiger partial charge in [-0.15, -0.1) is 0 Å². The van der Waals surface area contributed by atoms with Crippen LogP contribution >= 0.6 is 0 Å². The molecule has 1 aromatic heterocycles. The van der Waals surface area contributed by atoms with Gasteiger partial charge in [-0.25, -0.2) is 0 Å². The van der Waals surface area contributed by atoms with Crippen LogP contribution in [0.1, 0.15) is 19.6 Å². The predicted molar refractivity (Wildman–Crippen MR) is 60.9 cm³/mol. The fourth-order valence-corrected chi connectivity index (χ4v) is 2.35. The molecule has 1 aliphatic rings. The second-order valence-electron chi connectivity index (χ2n) is 4.42. The van der Waals surface area contributed by atoms with Crippen molar-refractivity contribution in [2.75, 3.05) is 19.6 Å². The zero-order valence-corrected chi connectivity index (χ0v) is 9.57. The predicted octanol–water partition coefficient (Wildman–Crippen LogP) is 1.50. The van der Waals surface area contributed by atoms with Crippen LogP contribution in [-0.4, -0.2) is 36.6 Å². The van der Waals surface area contributed by atoms with E-state index in [0.29, 0.717) is 12.1 Å². The quantitative estimate of drug-likeness (QED) is 0.816. The summed E-state index contributed by atoms with van der Waals surface area (Å²) in [5.41, 5.74) is 0. The van der Waals surface area contributed by atoms with Crippen LogP contribution in [0.3, 0.4) is 0 Å². The molecule has 0 spiro atoms. The Kier molecular flexibility index (Phi) is 3.44. The molecule has 1 saturated heterocycles. The van der Waals surface area contributed by atoms with Crippen LogP contribution < -0.4 is 5.32 Å². The standard InChI is InChI=1S/C12H20N2O/c1-10(8-12-4-3-7-15-12)14-6-5-13-9-11(14)2/h3-4,7,10-11,13H,5-6,8-9H2,1-2H3. The van der Waals surface area contributed by atoms with Gasteiger partial charge in [-0.1, -0.05) is 0 Å². The van der Waals surface area contributed by atoms with Crippen LogP contribution in [0, 0.1) is 0 Å². The van der Waals surface area contributed by atoms with Crippen LogP contribution in [0.25, 0.3) is 0 Å². The van der Waals surface area contributed by atoms with Crippen molar-refractivity contribution >= 4 is 0 Å². The minimum atomic E-state index is 0.563. The molecule has 2 atom stereocenters. The van der Waals surface area contributed by atoms with E-state index in [9.17, 15) is 0 Å². The van der Waals surface area contributed by atoms with Crippen LogP contribution in [0.2, 0.25) is 0 Å². The Morgan fingerprint density at radius 3 is 3.20 bits per heavy atom. The van der Waals surface area contributed by atoms with Gasteiger partial charge in [0.15, 0.2) is 0 Å². The molecule has 0 saturated carbocycles. The molecule has 0 amide bonds. The van der Waals surface area contributed by atoms with Crippen molar-refractivity contribution < 1.29 is 4.42 Å². The lowest BCUT2D eigenvalue weighted by Crippen LogP contribution is -2.53. The van der Waals surface area contributed by atoms with Gasteiger partial charge < -0.3 is 9.73 Å². The SMILES string of the molecule is CC1CNCCN1C(C)Cc1ccco1. The van der Waals surface area contributed by atoms with Crippen LogP contribution in [0.4, 0.5) is 0 Å². The van der Waals surface area contributed by atoms with Gasteiger partial charge in [0.25, 0.3) is 0 Å². The summed E-state index contributed by atoms with van der Waals surface area (Å²) in [5, 5.41) is 3.41. The third-order valence-corrected chi connectivity index (χ3v) is 3.20. The summed E-state index contributed by atoms with van der Waals surface area (Å²) in [6.07, 6.45) is 2.76. The Labute approximate surface area is 91.4 Å². The summed E-state index contributed by atoms with van der Waals surface area (Å²) in [4.78, 5) is 2.55. The maximum Gasteiger partial charge on any atom is 0.105 e. The van der Waals surface area contributed by atoms with Crippen molar-refractivity contribution in [3.05, 3.63) is 24.2 Å². The molecule has 3 nitrogen and oxygen atoms in total. The number of rotatable bonds is 3. The highest BCUT2D eigenvalue weighted by Gasteiger charge is 2.23. The lowest BCUT2D eigenvalue weighted by Gasteiger charge is -2.38. The molecule has 1 N–H and O–H groups in total. The fraction of sp³-hybridized carbons (Fsp3) is 0.667. The zero-order chi connectivity index (χ0) is 10.7. The van der Waals surface area contributed by atoms with Gasteiger partial charge in [0, 0.05) is 38.1 Å². The molecule has 84 valence electrons. The van der Waals surface area contributed by atoms with Crippen molar-refractivity contribution in [2.45, 2.75) is 32.4 Å². The molecule has 3 heteroatoms. The van der Waals surface area contributed by atoms with Crippen LogP contribution in [0.15, 0.2) is 22.8 Å². The third kappa shape index (κ3) is 2.61. The lowest BCUT2D eigenvalue weighted by molar-refractivity contribution is 0.122. The normalized spacial score (nSPS) is 25.3. The number of piperazine rings is 1. The minimum Gasteiger partial charge on any atom is -0.469 e. The number of nitrogens with zero attached hydrogens (tertiary/aromatic N) is 1. The molecule has 2 rings (SSSR count). The highest BCUT2D eigenvalue weighted by atomic mass is 16.3. The zero-order valence-electron chi connectivity index (χ0n) is 9.57. The molecule has 0 aromatic carbocycles. The Morgan fingerprint density at radius 2 is 2.53 bits per heavy atom. The number of nitrogens with one attached hydrogen (secondary N) is 1. The highest BCUT2D eigenvalue weighted by Crippen LogP contribution is 2.13. The molecular formula is C12H20N2O. The average molecular weight is 208 g/mol. The molecular weight excluding hydrogens is 188 g/mol. The van der Waals surface area contributed by atoms with Crippen molar-refractivity contribution in [1.29, 1.82) is 0 Å². The Bertz CT molecular complexity index is 284. The van der Waals surface area contributed by atoms with E-state index in [1.807, 2.05) is 6.07 Å². The lowest BCUT2D eigenvalue weighted by atomic mass is 10.1. The first-order valence-electron chi connectivity index (χ1n) is 5.76. The maximum atomic E-state index is 5.39. The summed E-state index contributed by atoms with van der Waals surface area (Å²) >= 11 is 0. The largest absolute Gasteiger partial charge is 0.469 e. The van der Waals surface area contributed by atoms with E-state index in [0.717, 1.165) is 31.8 Å². The van der Waals surface area contributed by atoms with Gasteiger partial charge in [-0.05, 0) is 26.0 Å². The van der Waals surface area contributed by atoms with Crippen molar-refractivity contribution in [3.63, 3.8) is 0 Å². The average Bonchev–Trinajstić information content (AvgIpc) is 2.71. The van der Waals surface area contributed by atoms with Crippen molar-refractivity contribution in [3.8, 4) is 0 Å². The number of hydrogen-bond acceptors (Lipinski definition) is 3. The molecule has 0 radical (unpaired) electrons. The molecule has 2 unspecified atom stereocenters. The fourth-order valence-electron chi connectivity index (χ4n) is 2.35. The van der Waals surface area contributed by atoms with E-state index in [-0.39, 0.29) is 0 Å². The first-order chi connectivity index (χ1) is 7.27. The second-order valence-corrected chi connectivity index (χ2v) is 4.42. The summed E-state index contributed by atoms with van der Waals surface area (Å²) in [6, 6.07) is 5.21. The van der Waals surface area contributed by atoms with E-state index in [1.54, 1.807) is 6.26 Å². The van der Waals surface area contributed by atoms with Gasteiger partial charge in [0.2, 0.25) is 0 Å². The van der Waals surface area contributed by atoms with Gasteiger partial charge >= 0.3 is 0 Å². The first kappa shape index (κ1) is 10.7. The third-order valence-electron chi connectivity index (χ3n) is 3.20.